The Bertz CT molecular complexity index is 408. The van der Waals surface area contributed by atoms with Gasteiger partial charge in [-0.15, -0.1) is 0 Å². The number of para-hydroxylation sites is 1. The Morgan fingerprint density at radius 2 is 2.16 bits per heavy atom. The first-order chi connectivity index (χ1) is 9.15. The van der Waals surface area contributed by atoms with Gasteiger partial charge in [0.1, 0.15) is 0 Å². The molecule has 1 aromatic carbocycles. The first-order valence-corrected chi connectivity index (χ1v) is 6.93. The van der Waals surface area contributed by atoms with Gasteiger partial charge in [-0.1, -0.05) is 18.2 Å². The van der Waals surface area contributed by atoms with Crippen LogP contribution in [0.15, 0.2) is 30.3 Å². The predicted octanol–water partition coefficient (Wildman–Crippen LogP) is 2.11. The summed E-state index contributed by atoms with van der Waals surface area (Å²) in [6.07, 6.45) is 1.99. The predicted molar refractivity (Wildman–Crippen MR) is 76.5 cm³/mol. The van der Waals surface area contributed by atoms with Gasteiger partial charge < -0.3 is 15.3 Å². The minimum absolute atomic E-state index is 0.229. The summed E-state index contributed by atoms with van der Waals surface area (Å²) in [7, 11) is 0. The second-order valence-electron chi connectivity index (χ2n) is 5.27. The van der Waals surface area contributed by atoms with Crippen molar-refractivity contribution < 1.29 is 9.90 Å². The third kappa shape index (κ3) is 4.24. The summed E-state index contributed by atoms with van der Waals surface area (Å²) in [6.45, 7) is 4.06. The van der Waals surface area contributed by atoms with Gasteiger partial charge in [0, 0.05) is 37.3 Å². The van der Waals surface area contributed by atoms with E-state index >= 15 is 0 Å². The second kappa shape index (κ2) is 6.57. The Labute approximate surface area is 114 Å². The highest BCUT2D eigenvalue weighted by Crippen LogP contribution is 2.18. The van der Waals surface area contributed by atoms with Gasteiger partial charge >= 0.3 is 5.97 Å². The molecule has 1 saturated heterocycles. The van der Waals surface area contributed by atoms with Crippen LogP contribution in [0.25, 0.3) is 0 Å². The molecule has 0 bridgehead atoms. The molecule has 0 saturated carbocycles. The summed E-state index contributed by atoms with van der Waals surface area (Å²) in [5, 5.41) is 12.4. The summed E-state index contributed by atoms with van der Waals surface area (Å²) < 4.78 is 0. The molecule has 0 aliphatic carbocycles. The topological polar surface area (TPSA) is 52.6 Å². The zero-order chi connectivity index (χ0) is 13.7. The lowest BCUT2D eigenvalue weighted by Gasteiger charge is -2.26. The van der Waals surface area contributed by atoms with Crippen molar-refractivity contribution in [3.8, 4) is 0 Å². The molecule has 1 aliphatic rings. The zero-order valence-corrected chi connectivity index (χ0v) is 11.4. The molecular formula is C15H22N2O2. The van der Waals surface area contributed by atoms with Crippen molar-refractivity contribution in [3.05, 3.63) is 30.3 Å². The molecule has 1 heterocycles. The van der Waals surface area contributed by atoms with Gasteiger partial charge in [-0.25, -0.2) is 0 Å². The molecular weight excluding hydrogens is 240 g/mol. The zero-order valence-electron chi connectivity index (χ0n) is 11.4. The molecule has 2 unspecified atom stereocenters. The SMILES string of the molecule is CC1CCN(c2ccccc2)CC(CCC(=O)O)N1. The van der Waals surface area contributed by atoms with Gasteiger partial charge in [0.25, 0.3) is 0 Å². The lowest BCUT2D eigenvalue weighted by atomic mass is 10.1. The van der Waals surface area contributed by atoms with E-state index in [9.17, 15) is 4.79 Å². The third-order valence-electron chi connectivity index (χ3n) is 3.62. The number of carboxylic acids is 1. The molecule has 1 fully saturated rings. The molecule has 4 heteroatoms. The largest absolute Gasteiger partial charge is 0.481 e. The summed E-state index contributed by atoms with van der Waals surface area (Å²) >= 11 is 0. The minimum Gasteiger partial charge on any atom is -0.481 e. The monoisotopic (exact) mass is 262 g/mol. The molecule has 2 rings (SSSR count). The smallest absolute Gasteiger partial charge is 0.303 e. The normalized spacial score (nSPS) is 23.9. The molecule has 4 nitrogen and oxygen atoms in total. The number of benzene rings is 1. The van der Waals surface area contributed by atoms with E-state index in [-0.39, 0.29) is 12.5 Å². The average Bonchev–Trinajstić information content (AvgIpc) is 2.59. The average molecular weight is 262 g/mol. The number of aliphatic carboxylic acids is 1. The van der Waals surface area contributed by atoms with Crippen LogP contribution in [0.3, 0.4) is 0 Å². The maximum absolute atomic E-state index is 10.7. The van der Waals surface area contributed by atoms with Crippen LogP contribution >= 0.6 is 0 Å². The van der Waals surface area contributed by atoms with Crippen molar-refractivity contribution in [2.75, 3.05) is 18.0 Å². The molecule has 2 atom stereocenters. The van der Waals surface area contributed by atoms with Crippen LogP contribution < -0.4 is 10.2 Å². The highest BCUT2D eigenvalue weighted by molar-refractivity contribution is 5.66. The molecule has 0 spiro atoms. The van der Waals surface area contributed by atoms with Gasteiger partial charge in [-0.05, 0) is 31.9 Å². The van der Waals surface area contributed by atoms with Gasteiger partial charge in [-0.2, -0.15) is 0 Å². The van der Waals surface area contributed by atoms with Crippen molar-refractivity contribution in [1.82, 2.24) is 5.32 Å². The van der Waals surface area contributed by atoms with Crippen LogP contribution in [-0.4, -0.2) is 36.2 Å². The standard InChI is InChI=1S/C15H22N2O2/c1-12-9-10-17(14-5-3-2-4-6-14)11-13(16-12)7-8-15(18)19/h2-6,12-13,16H,7-11H2,1H3,(H,18,19). The fourth-order valence-electron chi connectivity index (χ4n) is 2.59. The second-order valence-corrected chi connectivity index (χ2v) is 5.27. The van der Waals surface area contributed by atoms with Crippen molar-refractivity contribution >= 4 is 11.7 Å². The van der Waals surface area contributed by atoms with Crippen LogP contribution in [0.2, 0.25) is 0 Å². The van der Waals surface area contributed by atoms with Crippen molar-refractivity contribution in [2.24, 2.45) is 0 Å². The number of carboxylic acid groups (broad SMARTS) is 1. The van der Waals surface area contributed by atoms with Gasteiger partial charge in [0.2, 0.25) is 0 Å². The Kier molecular flexibility index (Phi) is 4.80. The fraction of sp³-hybridized carbons (Fsp3) is 0.533. The third-order valence-corrected chi connectivity index (χ3v) is 3.62. The number of nitrogens with one attached hydrogen (secondary N) is 1. The number of rotatable bonds is 4. The van der Waals surface area contributed by atoms with E-state index in [1.54, 1.807) is 0 Å². The lowest BCUT2D eigenvalue weighted by molar-refractivity contribution is -0.137. The molecule has 19 heavy (non-hydrogen) atoms. The highest BCUT2D eigenvalue weighted by Gasteiger charge is 2.21. The number of nitrogens with zero attached hydrogens (tertiary/aromatic N) is 1. The van der Waals surface area contributed by atoms with Gasteiger partial charge in [-0.3, -0.25) is 4.79 Å². The maximum Gasteiger partial charge on any atom is 0.303 e. The van der Waals surface area contributed by atoms with E-state index in [0.717, 1.165) is 19.5 Å². The van der Waals surface area contributed by atoms with Gasteiger partial charge in [0.15, 0.2) is 0 Å². The molecule has 104 valence electrons. The Hall–Kier alpha value is -1.55. The summed E-state index contributed by atoms with van der Waals surface area (Å²) in [5.74, 6) is -0.718. The molecule has 0 aromatic heterocycles. The van der Waals surface area contributed by atoms with E-state index in [1.807, 2.05) is 18.2 Å². The molecule has 1 aliphatic heterocycles. The summed E-state index contributed by atoms with van der Waals surface area (Å²) in [4.78, 5) is 13.1. The van der Waals surface area contributed by atoms with Crippen molar-refractivity contribution in [2.45, 2.75) is 38.3 Å². The van der Waals surface area contributed by atoms with E-state index < -0.39 is 5.97 Å². The van der Waals surface area contributed by atoms with E-state index in [0.29, 0.717) is 12.5 Å². The van der Waals surface area contributed by atoms with Crippen LogP contribution in [0, 0.1) is 0 Å². The van der Waals surface area contributed by atoms with Crippen molar-refractivity contribution in [1.29, 1.82) is 0 Å². The van der Waals surface area contributed by atoms with Crippen LogP contribution in [0.1, 0.15) is 26.2 Å². The van der Waals surface area contributed by atoms with E-state index in [4.69, 9.17) is 5.11 Å². The molecule has 2 N–H and O–H groups in total. The lowest BCUT2D eigenvalue weighted by Crippen LogP contribution is -2.40. The van der Waals surface area contributed by atoms with Crippen LogP contribution in [-0.2, 0) is 4.79 Å². The highest BCUT2D eigenvalue weighted by atomic mass is 16.4. The fourth-order valence-corrected chi connectivity index (χ4v) is 2.59. The Balaban J connectivity index is 2.02. The first kappa shape index (κ1) is 13.9. The Morgan fingerprint density at radius 3 is 2.84 bits per heavy atom. The number of carbonyl (C=O) groups is 1. The number of hydrogen-bond acceptors (Lipinski definition) is 3. The molecule has 1 aromatic rings. The minimum atomic E-state index is -0.718. The molecule has 0 amide bonds. The summed E-state index contributed by atoms with van der Waals surface area (Å²) in [6, 6.07) is 11.0. The van der Waals surface area contributed by atoms with Crippen LogP contribution in [0.5, 0.6) is 0 Å². The van der Waals surface area contributed by atoms with E-state index in [1.165, 1.54) is 5.69 Å². The number of anilines is 1. The van der Waals surface area contributed by atoms with Gasteiger partial charge in [0.05, 0.1) is 0 Å². The Morgan fingerprint density at radius 1 is 1.42 bits per heavy atom. The molecule has 0 radical (unpaired) electrons. The number of hydrogen-bond donors (Lipinski definition) is 2. The van der Waals surface area contributed by atoms with Crippen LogP contribution in [0.4, 0.5) is 5.69 Å². The van der Waals surface area contributed by atoms with Crippen molar-refractivity contribution in [3.63, 3.8) is 0 Å². The first-order valence-electron chi connectivity index (χ1n) is 6.93. The van der Waals surface area contributed by atoms with E-state index in [2.05, 4.69) is 29.3 Å². The maximum atomic E-state index is 10.7. The quantitative estimate of drug-likeness (QED) is 0.872. The summed E-state index contributed by atoms with van der Waals surface area (Å²) in [5.41, 5.74) is 1.22.